The van der Waals surface area contributed by atoms with Crippen LogP contribution in [0.1, 0.15) is 11.5 Å². The summed E-state index contributed by atoms with van der Waals surface area (Å²) in [5, 5.41) is 11.2. The molecule has 6 heteroatoms. The Labute approximate surface area is 65.8 Å². The lowest BCUT2D eigenvalue weighted by Crippen LogP contribution is -2.04. The Morgan fingerprint density at radius 1 is 1.50 bits per heavy atom. The van der Waals surface area contributed by atoms with Crippen molar-refractivity contribution in [2.45, 2.75) is 12.6 Å². The summed E-state index contributed by atoms with van der Waals surface area (Å²) in [6.45, 7) is -0.257. The zero-order valence-corrected chi connectivity index (χ0v) is 5.93. The van der Waals surface area contributed by atoms with E-state index >= 15 is 0 Å². The highest BCUT2D eigenvalue weighted by molar-refractivity contribution is 5.08. The molecular weight excluding hydrogens is 175 g/mol. The Hall–Kier alpha value is -1.04. The zero-order valence-electron chi connectivity index (χ0n) is 5.93. The summed E-state index contributed by atoms with van der Waals surface area (Å²) in [5.41, 5.74) is -1.06. The van der Waals surface area contributed by atoms with Crippen LogP contribution in [0.4, 0.5) is 13.2 Å². The van der Waals surface area contributed by atoms with E-state index in [0.29, 0.717) is 0 Å². The monoisotopic (exact) mass is 181 g/mol. The number of rotatable bonds is 2. The van der Waals surface area contributed by atoms with Crippen LogP contribution in [0.25, 0.3) is 0 Å². The summed E-state index contributed by atoms with van der Waals surface area (Å²) in [6.07, 6.45) is -4.43. The van der Waals surface area contributed by atoms with E-state index in [1.807, 2.05) is 0 Å². The maximum absolute atomic E-state index is 11.9. The van der Waals surface area contributed by atoms with Crippen molar-refractivity contribution in [3.8, 4) is 0 Å². The lowest BCUT2D eigenvalue weighted by atomic mass is 10.3. The van der Waals surface area contributed by atoms with Gasteiger partial charge in [0.15, 0.2) is 5.69 Å². The van der Waals surface area contributed by atoms with Gasteiger partial charge in [0.1, 0.15) is 5.76 Å². The maximum Gasteiger partial charge on any atom is 0.436 e. The van der Waals surface area contributed by atoms with Crippen molar-refractivity contribution in [1.82, 2.24) is 5.16 Å². The minimum absolute atomic E-state index is 0.0322. The molecule has 12 heavy (non-hydrogen) atoms. The number of hydrogen-bond acceptors (Lipinski definition) is 3. The van der Waals surface area contributed by atoms with Gasteiger partial charge in [0.2, 0.25) is 0 Å². The van der Waals surface area contributed by atoms with Crippen LogP contribution in [0.5, 0.6) is 0 Å². The second-order valence-corrected chi connectivity index (χ2v) is 2.15. The fourth-order valence-corrected chi connectivity index (χ4v) is 0.675. The molecule has 68 valence electrons. The Morgan fingerprint density at radius 2 is 2.17 bits per heavy atom. The number of aliphatic hydroxyl groups excluding tert-OH is 1. The lowest BCUT2D eigenvalue weighted by molar-refractivity contribution is -0.142. The molecular formula is C6H6F3NO2. The van der Waals surface area contributed by atoms with Crippen LogP contribution in [-0.2, 0) is 12.6 Å². The van der Waals surface area contributed by atoms with Crippen LogP contribution in [-0.4, -0.2) is 16.9 Å². The SMILES string of the molecule is OCCc1cc(C(F)(F)F)no1. The first-order valence-corrected chi connectivity index (χ1v) is 3.17. The average Bonchev–Trinajstić information content (AvgIpc) is 2.35. The van der Waals surface area contributed by atoms with Crippen LogP contribution in [0.3, 0.4) is 0 Å². The molecule has 0 radical (unpaired) electrons. The van der Waals surface area contributed by atoms with Gasteiger partial charge in [0, 0.05) is 12.5 Å². The molecule has 0 aliphatic rings. The van der Waals surface area contributed by atoms with Crippen molar-refractivity contribution >= 4 is 0 Å². The number of alkyl halides is 3. The molecule has 1 N–H and O–H groups in total. The van der Waals surface area contributed by atoms with Crippen LogP contribution in [0, 0.1) is 0 Å². The Kier molecular flexibility index (Phi) is 2.37. The topological polar surface area (TPSA) is 46.3 Å². The standard InChI is InChI=1S/C6H6F3NO2/c7-6(8,9)5-3-4(1-2-11)12-10-5/h3,11H,1-2H2. The molecule has 0 bridgehead atoms. The van der Waals surface area contributed by atoms with Crippen LogP contribution in [0.15, 0.2) is 10.6 Å². The highest BCUT2D eigenvalue weighted by Gasteiger charge is 2.34. The first-order chi connectivity index (χ1) is 5.54. The van der Waals surface area contributed by atoms with Gasteiger partial charge in [0.05, 0.1) is 6.61 Å². The summed E-state index contributed by atoms with van der Waals surface area (Å²) in [5.74, 6) is 0.0322. The molecule has 1 rings (SSSR count). The molecule has 0 saturated carbocycles. The molecule has 0 saturated heterocycles. The molecule has 0 aromatic carbocycles. The van der Waals surface area contributed by atoms with Crippen molar-refractivity contribution in [1.29, 1.82) is 0 Å². The van der Waals surface area contributed by atoms with Gasteiger partial charge in [-0.3, -0.25) is 0 Å². The normalized spacial score (nSPS) is 12.0. The highest BCUT2D eigenvalue weighted by Crippen LogP contribution is 2.28. The van der Waals surface area contributed by atoms with E-state index in [1.165, 1.54) is 0 Å². The van der Waals surface area contributed by atoms with Crippen LogP contribution < -0.4 is 0 Å². The molecule has 1 aromatic heterocycles. The third-order valence-corrected chi connectivity index (χ3v) is 1.21. The molecule has 0 amide bonds. The van der Waals surface area contributed by atoms with E-state index in [1.54, 1.807) is 0 Å². The number of halogens is 3. The van der Waals surface area contributed by atoms with E-state index in [-0.39, 0.29) is 18.8 Å². The zero-order chi connectivity index (χ0) is 9.19. The predicted molar refractivity (Wildman–Crippen MR) is 32.3 cm³/mol. The maximum atomic E-state index is 11.9. The Bertz CT molecular complexity index is 256. The number of aliphatic hydroxyl groups is 1. The first-order valence-electron chi connectivity index (χ1n) is 3.17. The minimum atomic E-state index is -4.47. The molecule has 0 fully saturated rings. The molecule has 0 spiro atoms. The van der Waals surface area contributed by atoms with E-state index in [0.717, 1.165) is 6.07 Å². The fourth-order valence-electron chi connectivity index (χ4n) is 0.675. The van der Waals surface area contributed by atoms with Crippen molar-refractivity contribution < 1.29 is 22.8 Å². The first kappa shape index (κ1) is 9.05. The molecule has 0 unspecified atom stereocenters. The summed E-state index contributed by atoms with van der Waals surface area (Å²) in [7, 11) is 0. The Morgan fingerprint density at radius 3 is 2.58 bits per heavy atom. The third-order valence-electron chi connectivity index (χ3n) is 1.21. The smallest absolute Gasteiger partial charge is 0.396 e. The summed E-state index contributed by atoms with van der Waals surface area (Å²) < 4.78 is 39.9. The van der Waals surface area contributed by atoms with Crippen molar-refractivity contribution in [2.75, 3.05) is 6.61 Å². The second-order valence-electron chi connectivity index (χ2n) is 2.15. The van der Waals surface area contributed by atoms with Crippen molar-refractivity contribution in [3.05, 3.63) is 17.5 Å². The van der Waals surface area contributed by atoms with E-state index in [2.05, 4.69) is 9.68 Å². The summed E-state index contributed by atoms with van der Waals surface area (Å²) in [6, 6.07) is 0.774. The van der Waals surface area contributed by atoms with Crippen LogP contribution in [0.2, 0.25) is 0 Å². The quantitative estimate of drug-likeness (QED) is 0.746. The van der Waals surface area contributed by atoms with Crippen molar-refractivity contribution in [3.63, 3.8) is 0 Å². The molecule has 1 aromatic rings. The summed E-state index contributed by atoms with van der Waals surface area (Å²) in [4.78, 5) is 0. The molecule has 0 aliphatic heterocycles. The lowest BCUT2D eigenvalue weighted by Gasteiger charge is -1.97. The fraction of sp³-hybridized carbons (Fsp3) is 0.500. The van der Waals surface area contributed by atoms with Crippen LogP contribution >= 0.6 is 0 Å². The molecule has 3 nitrogen and oxygen atoms in total. The number of nitrogens with zero attached hydrogens (tertiary/aromatic N) is 1. The molecule has 0 atom stereocenters. The van der Waals surface area contributed by atoms with Gasteiger partial charge in [-0.25, -0.2) is 0 Å². The Balaban J connectivity index is 2.77. The van der Waals surface area contributed by atoms with Gasteiger partial charge in [0.25, 0.3) is 0 Å². The number of hydrogen-bond donors (Lipinski definition) is 1. The minimum Gasteiger partial charge on any atom is -0.396 e. The third kappa shape index (κ3) is 1.97. The largest absolute Gasteiger partial charge is 0.436 e. The number of aromatic nitrogens is 1. The van der Waals surface area contributed by atoms with Gasteiger partial charge in [-0.15, -0.1) is 0 Å². The predicted octanol–water partition coefficient (Wildman–Crippen LogP) is 1.23. The van der Waals surface area contributed by atoms with Gasteiger partial charge >= 0.3 is 6.18 Å². The van der Waals surface area contributed by atoms with Gasteiger partial charge < -0.3 is 9.63 Å². The van der Waals surface area contributed by atoms with Gasteiger partial charge in [-0.1, -0.05) is 5.16 Å². The highest BCUT2D eigenvalue weighted by atomic mass is 19.4. The van der Waals surface area contributed by atoms with Gasteiger partial charge in [-0.05, 0) is 0 Å². The molecule has 0 aliphatic carbocycles. The van der Waals surface area contributed by atoms with E-state index in [9.17, 15) is 13.2 Å². The van der Waals surface area contributed by atoms with Gasteiger partial charge in [-0.2, -0.15) is 13.2 Å². The average molecular weight is 181 g/mol. The van der Waals surface area contributed by atoms with E-state index < -0.39 is 11.9 Å². The van der Waals surface area contributed by atoms with Crippen molar-refractivity contribution in [2.24, 2.45) is 0 Å². The summed E-state index contributed by atoms with van der Waals surface area (Å²) >= 11 is 0. The van der Waals surface area contributed by atoms with E-state index in [4.69, 9.17) is 5.11 Å². The molecule has 1 heterocycles. The second kappa shape index (κ2) is 3.14.